The van der Waals surface area contributed by atoms with Gasteiger partial charge in [-0.25, -0.2) is 0 Å². The average molecular weight is 435 g/mol. The molecular weight excluding hydrogens is 415 g/mol. The molecule has 0 saturated heterocycles. The largest absolute Gasteiger partial charge is 0.503 e. The molecule has 0 radical (unpaired) electrons. The van der Waals surface area contributed by atoms with Gasteiger partial charge in [-0.05, 0) is 54.8 Å². The Kier molecular flexibility index (Phi) is 6.67. The second-order valence-electron chi connectivity index (χ2n) is 6.52. The van der Waals surface area contributed by atoms with Crippen LogP contribution in [-0.4, -0.2) is 37.1 Å². The molecule has 2 aromatic rings. The maximum Gasteiger partial charge on any atom is 0.293 e. The van der Waals surface area contributed by atoms with Gasteiger partial charge in [0.2, 0.25) is 0 Å². The Bertz CT molecular complexity index is 958. The number of nitrogens with one attached hydrogen (secondary N) is 1. The van der Waals surface area contributed by atoms with E-state index in [2.05, 4.69) is 5.32 Å². The Labute approximate surface area is 178 Å². The summed E-state index contributed by atoms with van der Waals surface area (Å²) < 4.78 is 5.10. The number of ether oxygens (including phenoxy) is 1. The van der Waals surface area contributed by atoms with Crippen molar-refractivity contribution in [1.29, 1.82) is 0 Å². The van der Waals surface area contributed by atoms with Crippen LogP contribution in [-0.2, 0) is 16.0 Å². The van der Waals surface area contributed by atoms with Crippen LogP contribution in [0.25, 0.3) is 0 Å². The second-order valence-corrected chi connectivity index (χ2v) is 7.34. The molecule has 2 aromatic carbocycles. The normalized spacial score (nSPS) is 13.8. The SMILES string of the molecule is COc1ccc(N2CC(C(=O)NCCCc3ccc(Cl)c(Cl)c3)=C(O)C2=O)cc1. The van der Waals surface area contributed by atoms with E-state index in [1.807, 2.05) is 6.07 Å². The van der Waals surface area contributed by atoms with Crippen LogP contribution in [0.15, 0.2) is 53.8 Å². The van der Waals surface area contributed by atoms with Gasteiger partial charge in [0, 0.05) is 12.2 Å². The zero-order chi connectivity index (χ0) is 21.0. The molecule has 2 amide bonds. The van der Waals surface area contributed by atoms with Crippen LogP contribution in [0.2, 0.25) is 10.0 Å². The van der Waals surface area contributed by atoms with Gasteiger partial charge in [-0.1, -0.05) is 29.3 Å². The van der Waals surface area contributed by atoms with Gasteiger partial charge in [-0.3, -0.25) is 9.59 Å². The number of aryl methyl sites for hydroxylation is 1. The lowest BCUT2D eigenvalue weighted by molar-refractivity contribution is -0.119. The highest BCUT2D eigenvalue weighted by atomic mass is 35.5. The molecule has 1 aliphatic heterocycles. The highest BCUT2D eigenvalue weighted by molar-refractivity contribution is 6.42. The first kappa shape index (κ1) is 21.0. The number of hydrogen-bond donors (Lipinski definition) is 2. The fourth-order valence-corrected chi connectivity index (χ4v) is 3.33. The van der Waals surface area contributed by atoms with E-state index in [-0.39, 0.29) is 12.1 Å². The van der Waals surface area contributed by atoms with E-state index >= 15 is 0 Å². The van der Waals surface area contributed by atoms with Gasteiger partial charge in [0.15, 0.2) is 5.76 Å². The summed E-state index contributed by atoms with van der Waals surface area (Å²) in [5.41, 5.74) is 1.64. The number of amides is 2. The van der Waals surface area contributed by atoms with E-state index < -0.39 is 17.6 Å². The van der Waals surface area contributed by atoms with Crippen molar-refractivity contribution in [1.82, 2.24) is 5.32 Å². The number of hydrogen-bond acceptors (Lipinski definition) is 4. The van der Waals surface area contributed by atoms with Crippen molar-refractivity contribution in [2.45, 2.75) is 12.8 Å². The van der Waals surface area contributed by atoms with Crippen LogP contribution in [0.4, 0.5) is 5.69 Å². The fourth-order valence-electron chi connectivity index (χ4n) is 3.01. The van der Waals surface area contributed by atoms with E-state index in [0.29, 0.717) is 40.9 Å². The monoisotopic (exact) mass is 434 g/mol. The van der Waals surface area contributed by atoms with Crippen LogP contribution in [0.5, 0.6) is 5.75 Å². The third-order valence-electron chi connectivity index (χ3n) is 4.62. The molecule has 0 spiro atoms. The summed E-state index contributed by atoms with van der Waals surface area (Å²) in [4.78, 5) is 26.1. The number of aliphatic hydroxyl groups excluding tert-OH is 1. The standard InChI is InChI=1S/C21H20Cl2N2O4/c1-29-15-7-5-14(6-8-15)25-12-16(19(26)21(25)28)20(27)24-10-2-3-13-4-9-17(22)18(23)11-13/h4-9,11,26H,2-3,10,12H2,1H3,(H,24,27). The topological polar surface area (TPSA) is 78.9 Å². The minimum atomic E-state index is -0.601. The zero-order valence-corrected chi connectivity index (χ0v) is 17.3. The molecule has 2 N–H and O–H groups in total. The van der Waals surface area contributed by atoms with Gasteiger partial charge in [0.05, 0.1) is 29.3 Å². The first-order chi connectivity index (χ1) is 13.9. The molecule has 0 fully saturated rings. The molecule has 1 heterocycles. The summed E-state index contributed by atoms with van der Waals surface area (Å²) in [6.07, 6.45) is 1.38. The summed E-state index contributed by atoms with van der Waals surface area (Å²) in [6.45, 7) is 0.405. The third kappa shape index (κ3) is 4.83. The first-order valence-corrected chi connectivity index (χ1v) is 9.76. The van der Waals surface area contributed by atoms with Gasteiger partial charge in [-0.15, -0.1) is 0 Å². The minimum absolute atomic E-state index is 0.00954. The van der Waals surface area contributed by atoms with Gasteiger partial charge < -0.3 is 20.1 Å². The van der Waals surface area contributed by atoms with Gasteiger partial charge in [-0.2, -0.15) is 0 Å². The van der Waals surface area contributed by atoms with Crippen LogP contribution in [0.1, 0.15) is 12.0 Å². The third-order valence-corrected chi connectivity index (χ3v) is 5.36. The predicted molar refractivity (Wildman–Crippen MR) is 113 cm³/mol. The lowest BCUT2D eigenvalue weighted by atomic mass is 10.1. The second kappa shape index (κ2) is 9.20. The summed E-state index contributed by atoms with van der Waals surface area (Å²) >= 11 is 11.9. The van der Waals surface area contributed by atoms with Crippen LogP contribution in [0.3, 0.4) is 0 Å². The van der Waals surface area contributed by atoms with E-state index in [9.17, 15) is 14.7 Å². The Hall–Kier alpha value is -2.70. The highest BCUT2D eigenvalue weighted by Crippen LogP contribution is 2.26. The minimum Gasteiger partial charge on any atom is -0.503 e. The number of methoxy groups -OCH3 is 1. The van der Waals surface area contributed by atoms with E-state index in [1.165, 1.54) is 4.90 Å². The van der Waals surface area contributed by atoms with Crippen LogP contribution >= 0.6 is 23.2 Å². The summed E-state index contributed by atoms with van der Waals surface area (Å²) in [7, 11) is 1.55. The quantitative estimate of drug-likeness (QED) is 0.647. The lowest BCUT2D eigenvalue weighted by Gasteiger charge is -2.16. The van der Waals surface area contributed by atoms with Crippen molar-refractivity contribution in [3.63, 3.8) is 0 Å². The molecule has 152 valence electrons. The molecule has 0 bridgehead atoms. The van der Waals surface area contributed by atoms with Crippen molar-refractivity contribution in [3.8, 4) is 5.75 Å². The number of nitrogens with zero attached hydrogens (tertiary/aromatic N) is 1. The molecule has 0 atom stereocenters. The number of rotatable bonds is 7. The van der Waals surface area contributed by atoms with Crippen molar-refractivity contribution >= 4 is 40.7 Å². The molecule has 0 aromatic heterocycles. The Morgan fingerprint density at radius 3 is 2.55 bits per heavy atom. The average Bonchev–Trinajstić information content (AvgIpc) is 3.03. The lowest BCUT2D eigenvalue weighted by Crippen LogP contribution is -2.30. The number of halogens is 2. The highest BCUT2D eigenvalue weighted by Gasteiger charge is 2.34. The molecule has 29 heavy (non-hydrogen) atoms. The summed E-state index contributed by atoms with van der Waals surface area (Å²) in [6, 6.07) is 12.2. The molecule has 6 nitrogen and oxygen atoms in total. The maximum absolute atomic E-state index is 12.4. The van der Waals surface area contributed by atoms with Gasteiger partial charge in [0.25, 0.3) is 11.8 Å². The number of aliphatic hydroxyl groups is 1. The summed E-state index contributed by atoms with van der Waals surface area (Å²) in [5, 5.41) is 13.9. The molecule has 0 aliphatic carbocycles. The van der Waals surface area contributed by atoms with Crippen molar-refractivity contribution in [3.05, 3.63) is 69.4 Å². The van der Waals surface area contributed by atoms with Crippen molar-refractivity contribution < 1.29 is 19.4 Å². The zero-order valence-electron chi connectivity index (χ0n) is 15.7. The van der Waals surface area contributed by atoms with Gasteiger partial charge >= 0.3 is 0 Å². The fraction of sp³-hybridized carbons (Fsp3) is 0.238. The number of carbonyl (C=O) groups excluding carboxylic acids is 2. The number of benzene rings is 2. The maximum atomic E-state index is 12.4. The molecule has 3 rings (SSSR count). The Morgan fingerprint density at radius 2 is 1.90 bits per heavy atom. The molecule has 8 heteroatoms. The van der Waals surface area contributed by atoms with E-state index in [1.54, 1.807) is 43.5 Å². The van der Waals surface area contributed by atoms with Gasteiger partial charge in [0.1, 0.15) is 5.75 Å². The summed E-state index contributed by atoms with van der Waals surface area (Å²) in [5.74, 6) is -0.933. The smallest absolute Gasteiger partial charge is 0.293 e. The van der Waals surface area contributed by atoms with Crippen LogP contribution < -0.4 is 15.0 Å². The Morgan fingerprint density at radius 1 is 1.17 bits per heavy atom. The molecule has 0 unspecified atom stereocenters. The molecule has 0 saturated carbocycles. The predicted octanol–water partition coefficient (Wildman–Crippen LogP) is 3.91. The number of carbonyl (C=O) groups is 2. The van der Waals surface area contributed by atoms with E-state index in [0.717, 1.165) is 5.56 Å². The number of anilines is 1. The van der Waals surface area contributed by atoms with E-state index in [4.69, 9.17) is 27.9 Å². The van der Waals surface area contributed by atoms with Crippen molar-refractivity contribution in [2.24, 2.45) is 0 Å². The van der Waals surface area contributed by atoms with Crippen LogP contribution in [0, 0.1) is 0 Å². The molecule has 1 aliphatic rings. The molecular formula is C21H20Cl2N2O4. The first-order valence-electron chi connectivity index (χ1n) is 9.01. The van der Waals surface area contributed by atoms with Crippen molar-refractivity contribution in [2.75, 3.05) is 25.1 Å². The Balaban J connectivity index is 1.54.